The molecule has 3 heterocycles. The van der Waals surface area contributed by atoms with Gasteiger partial charge >= 0.3 is 0 Å². The van der Waals surface area contributed by atoms with E-state index in [0.29, 0.717) is 6.54 Å². The van der Waals surface area contributed by atoms with Crippen LogP contribution in [0.15, 0.2) is 29.1 Å². The van der Waals surface area contributed by atoms with Crippen LogP contribution in [-0.4, -0.2) is 51.4 Å². The van der Waals surface area contributed by atoms with Crippen LogP contribution in [-0.2, 0) is 6.54 Å². The van der Waals surface area contributed by atoms with Crippen molar-refractivity contribution in [2.45, 2.75) is 19.6 Å². The molecule has 2 amide bonds. The van der Waals surface area contributed by atoms with Crippen molar-refractivity contribution in [2.75, 3.05) is 24.8 Å². The van der Waals surface area contributed by atoms with E-state index in [9.17, 15) is 29.0 Å². The van der Waals surface area contributed by atoms with Gasteiger partial charge in [-0.2, -0.15) is 0 Å². The normalized spacial score (nSPS) is 17.5. The highest BCUT2D eigenvalue weighted by Crippen LogP contribution is 2.32. The second-order valence-electron chi connectivity index (χ2n) is 6.88. The van der Waals surface area contributed by atoms with Gasteiger partial charge in [-0.1, -0.05) is 18.2 Å². The van der Waals surface area contributed by atoms with Crippen molar-refractivity contribution in [3.8, 4) is 5.75 Å². The Morgan fingerprint density at radius 3 is 2.72 bits per heavy atom. The second kappa shape index (κ2) is 6.89. The van der Waals surface area contributed by atoms with Crippen LogP contribution in [0, 0.1) is 5.82 Å². The number of amides is 2. The fraction of sp³-hybridized carbons (Fsp3) is 0.316. The molecule has 9 nitrogen and oxygen atoms in total. The molecule has 0 aliphatic carbocycles. The molecule has 0 fully saturated rings. The molecule has 152 valence electrons. The minimum absolute atomic E-state index is 0.0489. The predicted molar refractivity (Wildman–Crippen MR) is 99.6 cm³/mol. The van der Waals surface area contributed by atoms with Crippen LogP contribution < -0.4 is 15.8 Å². The Morgan fingerprint density at radius 1 is 1.31 bits per heavy atom. The number of hydrogen-bond acceptors (Lipinski definition) is 6. The summed E-state index contributed by atoms with van der Waals surface area (Å²) in [5, 5.41) is 24.9. The highest BCUT2D eigenvalue weighted by molar-refractivity contribution is 6.00. The Bertz CT molecular complexity index is 1080. The van der Waals surface area contributed by atoms with Crippen molar-refractivity contribution in [3.05, 3.63) is 62.8 Å². The van der Waals surface area contributed by atoms with Gasteiger partial charge in [0, 0.05) is 18.7 Å². The summed E-state index contributed by atoms with van der Waals surface area (Å²) < 4.78 is 15.0. The number of carbonyl (C=O) groups is 2. The largest absolute Gasteiger partial charge is 0.502 e. The zero-order valence-electron chi connectivity index (χ0n) is 15.6. The van der Waals surface area contributed by atoms with E-state index in [-0.39, 0.29) is 36.7 Å². The number of nitrogens with zero attached hydrogens (tertiary/aromatic N) is 3. The first-order valence-electron chi connectivity index (χ1n) is 9.11. The SMILES string of the molecule is CCN1CN2CC(O)c3c(C(=O)NCc4ccccc4F)c(=O)c(O)c(n32)C1=O. The lowest BCUT2D eigenvalue weighted by molar-refractivity contribution is 0.0700. The van der Waals surface area contributed by atoms with Gasteiger partial charge in [0.2, 0.25) is 5.43 Å². The molecule has 0 bridgehead atoms. The molecule has 2 aliphatic heterocycles. The number of rotatable bonds is 4. The number of aliphatic hydroxyl groups is 1. The lowest BCUT2D eigenvalue weighted by Gasteiger charge is -2.36. The number of pyridine rings is 1. The van der Waals surface area contributed by atoms with E-state index in [0.717, 1.165) is 0 Å². The predicted octanol–water partition coefficient (Wildman–Crippen LogP) is 0.0412. The maximum atomic E-state index is 13.8. The third-order valence-electron chi connectivity index (χ3n) is 5.17. The van der Waals surface area contributed by atoms with E-state index in [2.05, 4.69) is 5.32 Å². The molecule has 4 rings (SSSR count). The summed E-state index contributed by atoms with van der Waals surface area (Å²) in [5.41, 5.74) is -1.63. The van der Waals surface area contributed by atoms with Crippen LogP contribution in [0.5, 0.6) is 5.75 Å². The number of aliphatic hydroxyl groups excluding tert-OH is 1. The minimum Gasteiger partial charge on any atom is -0.502 e. The van der Waals surface area contributed by atoms with Crippen molar-refractivity contribution >= 4 is 11.8 Å². The quantitative estimate of drug-likeness (QED) is 0.665. The van der Waals surface area contributed by atoms with E-state index in [4.69, 9.17) is 0 Å². The van der Waals surface area contributed by atoms with Gasteiger partial charge in [0.25, 0.3) is 11.8 Å². The Hall–Kier alpha value is -3.40. The highest BCUT2D eigenvalue weighted by atomic mass is 19.1. The van der Waals surface area contributed by atoms with Gasteiger partial charge < -0.3 is 20.4 Å². The smallest absolute Gasteiger partial charge is 0.277 e. The summed E-state index contributed by atoms with van der Waals surface area (Å²) in [6.07, 6.45) is -1.21. The summed E-state index contributed by atoms with van der Waals surface area (Å²) in [7, 11) is 0. The second-order valence-corrected chi connectivity index (χ2v) is 6.88. The van der Waals surface area contributed by atoms with Gasteiger partial charge in [0.15, 0.2) is 11.4 Å². The summed E-state index contributed by atoms with van der Waals surface area (Å²) in [5.74, 6) is -2.80. The van der Waals surface area contributed by atoms with Crippen molar-refractivity contribution in [1.82, 2.24) is 14.9 Å². The van der Waals surface area contributed by atoms with Crippen LogP contribution in [0.25, 0.3) is 0 Å². The molecule has 0 saturated carbocycles. The van der Waals surface area contributed by atoms with Crippen molar-refractivity contribution in [3.63, 3.8) is 0 Å². The average molecular weight is 402 g/mol. The molecule has 1 aromatic heterocycles. The Kier molecular flexibility index (Phi) is 4.50. The minimum atomic E-state index is -1.21. The van der Waals surface area contributed by atoms with E-state index in [1.807, 2.05) is 0 Å². The summed E-state index contributed by atoms with van der Waals surface area (Å²) >= 11 is 0. The molecule has 1 atom stereocenters. The Morgan fingerprint density at radius 2 is 2.03 bits per heavy atom. The Labute approximate surface area is 164 Å². The van der Waals surface area contributed by atoms with Gasteiger partial charge in [-0.15, -0.1) is 0 Å². The topological polar surface area (TPSA) is 115 Å². The highest BCUT2D eigenvalue weighted by Gasteiger charge is 2.43. The first-order chi connectivity index (χ1) is 13.8. The average Bonchev–Trinajstić information content (AvgIpc) is 3.02. The number of halogens is 1. The summed E-state index contributed by atoms with van der Waals surface area (Å²) in [6.45, 7) is 2.10. The lowest BCUT2D eigenvalue weighted by Crippen LogP contribution is -2.52. The van der Waals surface area contributed by atoms with E-state index < -0.39 is 40.5 Å². The number of aromatic nitrogens is 1. The maximum absolute atomic E-state index is 13.8. The van der Waals surface area contributed by atoms with E-state index >= 15 is 0 Å². The van der Waals surface area contributed by atoms with Crippen molar-refractivity contribution < 1.29 is 24.2 Å². The van der Waals surface area contributed by atoms with Gasteiger partial charge in [0.05, 0.1) is 12.2 Å². The van der Waals surface area contributed by atoms with Gasteiger partial charge in [0.1, 0.15) is 24.2 Å². The molecule has 0 saturated heterocycles. The summed E-state index contributed by atoms with van der Waals surface area (Å²) in [4.78, 5) is 39.5. The van der Waals surface area contributed by atoms with Crippen LogP contribution in [0.1, 0.15) is 45.1 Å². The molecule has 10 heteroatoms. The molecule has 0 radical (unpaired) electrons. The monoisotopic (exact) mass is 402 g/mol. The third kappa shape index (κ3) is 2.83. The van der Waals surface area contributed by atoms with Crippen LogP contribution >= 0.6 is 0 Å². The standard InChI is InChI=1S/C19H19FN4O5/c1-2-22-9-23-8-12(25)14-13(16(26)17(27)15(19(22)29)24(14)23)18(28)21-7-10-5-3-4-6-11(10)20/h3-6,12,25,27H,2,7-9H2,1H3,(H,21,28). The van der Waals surface area contributed by atoms with E-state index in [1.54, 1.807) is 18.0 Å². The van der Waals surface area contributed by atoms with Crippen LogP contribution in [0.3, 0.4) is 0 Å². The van der Waals surface area contributed by atoms with Gasteiger partial charge in [-0.05, 0) is 13.0 Å². The number of aromatic hydroxyl groups is 1. The van der Waals surface area contributed by atoms with Crippen molar-refractivity contribution in [2.24, 2.45) is 0 Å². The van der Waals surface area contributed by atoms with Gasteiger partial charge in [-0.25, -0.2) is 9.07 Å². The third-order valence-corrected chi connectivity index (χ3v) is 5.17. The van der Waals surface area contributed by atoms with Crippen molar-refractivity contribution in [1.29, 1.82) is 0 Å². The molecule has 2 aliphatic rings. The van der Waals surface area contributed by atoms with Crippen LogP contribution in [0.4, 0.5) is 4.39 Å². The van der Waals surface area contributed by atoms with E-state index in [1.165, 1.54) is 27.8 Å². The molecule has 2 aromatic rings. The Balaban J connectivity index is 1.77. The maximum Gasteiger partial charge on any atom is 0.277 e. The molecule has 29 heavy (non-hydrogen) atoms. The zero-order chi connectivity index (χ0) is 20.9. The van der Waals surface area contributed by atoms with Crippen LogP contribution in [0.2, 0.25) is 0 Å². The molecular weight excluding hydrogens is 383 g/mol. The fourth-order valence-electron chi connectivity index (χ4n) is 3.73. The number of hydrogen-bond donors (Lipinski definition) is 3. The first kappa shape index (κ1) is 18.9. The first-order valence-corrected chi connectivity index (χ1v) is 9.11. The van der Waals surface area contributed by atoms with Gasteiger partial charge in [-0.3, -0.25) is 19.4 Å². The summed E-state index contributed by atoms with van der Waals surface area (Å²) in [6, 6.07) is 5.85. The molecule has 1 unspecified atom stereocenters. The lowest BCUT2D eigenvalue weighted by atomic mass is 10.1. The molecule has 1 aromatic carbocycles. The zero-order valence-corrected chi connectivity index (χ0v) is 15.6. The fourth-order valence-corrected chi connectivity index (χ4v) is 3.73. The molecule has 3 N–H and O–H groups in total. The number of benzene rings is 1. The molecule has 0 spiro atoms. The molecular formula is C19H19FN4O5. The number of nitrogens with one attached hydrogen (secondary N) is 1. The number of carbonyl (C=O) groups excluding carboxylic acids is 2.